The Morgan fingerprint density at radius 3 is 2.90 bits per heavy atom. The van der Waals surface area contributed by atoms with Crippen LogP contribution in [0.5, 0.6) is 0 Å². The van der Waals surface area contributed by atoms with Crippen LogP contribution in [0.4, 0.5) is 5.69 Å². The molecule has 0 radical (unpaired) electrons. The van der Waals surface area contributed by atoms with E-state index >= 15 is 0 Å². The van der Waals surface area contributed by atoms with Gasteiger partial charge < -0.3 is 10.4 Å². The van der Waals surface area contributed by atoms with Crippen molar-refractivity contribution in [2.75, 3.05) is 11.9 Å². The van der Waals surface area contributed by atoms with Crippen molar-refractivity contribution in [2.45, 2.75) is 32.6 Å². The number of hydrogen-bond acceptors (Lipinski definition) is 3. The fraction of sp³-hybridized carbons (Fsp3) is 0.500. The zero-order valence-corrected chi connectivity index (χ0v) is 11.7. The number of carbonyl (C=O) groups excluding carboxylic acids is 1. The molecule has 0 saturated heterocycles. The highest BCUT2D eigenvalue weighted by molar-refractivity contribution is 5.98. The number of anilines is 1. The van der Waals surface area contributed by atoms with E-state index in [0.717, 1.165) is 17.7 Å². The molecule has 1 aromatic rings. The maximum atomic E-state index is 12.2. The molecule has 4 heteroatoms. The summed E-state index contributed by atoms with van der Waals surface area (Å²) in [5.41, 5.74) is 0.949. The number of nitriles is 1. The number of aliphatic hydroxyl groups excluding tert-OH is 1. The first-order valence-corrected chi connectivity index (χ1v) is 7.02. The molecule has 20 heavy (non-hydrogen) atoms. The standard InChI is InChI=1S/C16H20N2O2/c1-12-9-16(10-12,11-17)15(20)18-14-6-2-4-13(8-14)5-3-7-19/h2,4,6,8,12,19H,3,5,7,9-10H2,1H3,(H,18,20). The minimum Gasteiger partial charge on any atom is -0.396 e. The van der Waals surface area contributed by atoms with E-state index in [2.05, 4.69) is 18.3 Å². The van der Waals surface area contributed by atoms with E-state index in [1.807, 2.05) is 24.3 Å². The van der Waals surface area contributed by atoms with Gasteiger partial charge in [0.25, 0.3) is 0 Å². The first-order chi connectivity index (χ1) is 9.59. The van der Waals surface area contributed by atoms with E-state index in [1.54, 1.807) is 0 Å². The van der Waals surface area contributed by atoms with Crippen LogP contribution in [0, 0.1) is 22.7 Å². The zero-order chi connectivity index (χ0) is 14.6. The number of aliphatic hydroxyl groups is 1. The normalized spacial score (nSPS) is 24.6. The minimum absolute atomic E-state index is 0.159. The molecule has 0 bridgehead atoms. The van der Waals surface area contributed by atoms with E-state index in [4.69, 9.17) is 5.11 Å². The third-order valence-electron chi connectivity index (χ3n) is 3.85. The summed E-state index contributed by atoms with van der Waals surface area (Å²) in [7, 11) is 0. The Morgan fingerprint density at radius 2 is 2.30 bits per heavy atom. The van der Waals surface area contributed by atoms with E-state index in [0.29, 0.717) is 25.2 Å². The summed E-state index contributed by atoms with van der Waals surface area (Å²) in [5.74, 6) is 0.244. The second-order valence-electron chi connectivity index (χ2n) is 5.69. The maximum absolute atomic E-state index is 12.2. The summed E-state index contributed by atoms with van der Waals surface area (Å²) in [5, 5.41) is 20.9. The molecule has 1 aliphatic carbocycles. The van der Waals surface area contributed by atoms with Crippen LogP contribution in [-0.2, 0) is 11.2 Å². The second kappa shape index (κ2) is 6.06. The molecule has 0 spiro atoms. The number of nitrogens with zero attached hydrogens (tertiary/aromatic N) is 1. The van der Waals surface area contributed by atoms with Crippen molar-refractivity contribution in [2.24, 2.45) is 11.3 Å². The molecule has 1 saturated carbocycles. The minimum atomic E-state index is -0.847. The highest BCUT2D eigenvalue weighted by Gasteiger charge is 2.48. The van der Waals surface area contributed by atoms with Gasteiger partial charge in [-0.05, 0) is 49.3 Å². The van der Waals surface area contributed by atoms with Gasteiger partial charge in [0.1, 0.15) is 5.41 Å². The number of amides is 1. The summed E-state index contributed by atoms with van der Waals surface area (Å²) in [4.78, 5) is 12.2. The lowest BCUT2D eigenvalue weighted by molar-refractivity contribution is -0.128. The number of hydrogen-bond donors (Lipinski definition) is 2. The molecule has 1 aliphatic rings. The van der Waals surface area contributed by atoms with Gasteiger partial charge in [0, 0.05) is 12.3 Å². The largest absolute Gasteiger partial charge is 0.396 e. The first-order valence-electron chi connectivity index (χ1n) is 7.02. The molecular formula is C16H20N2O2. The number of benzene rings is 1. The van der Waals surface area contributed by atoms with Gasteiger partial charge in [-0.3, -0.25) is 4.79 Å². The predicted molar refractivity (Wildman–Crippen MR) is 76.9 cm³/mol. The van der Waals surface area contributed by atoms with Crippen molar-refractivity contribution in [3.8, 4) is 6.07 Å². The van der Waals surface area contributed by atoms with E-state index in [-0.39, 0.29) is 12.5 Å². The molecule has 106 valence electrons. The summed E-state index contributed by atoms with van der Waals surface area (Å²) >= 11 is 0. The molecule has 4 nitrogen and oxygen atoms in total. The number of nitrogens with one attached hydrogen (secondary N) is 1. The Kier molecular flexibility index (Phi) is 4.41. The van der Waals surface area contributed by atoms with E-state index in [1.165, 1.54) is 0 Å². The fourth-order valence-corrected chi connectivity index (χ4v) is 2.80. The average molecular weight is 272 g/mol. The maximum Gasteiger partial charge on any atom is 0.244 e. The summed E-state index contributed by atoms with van der Waals surface area (Å²) in [6.45, 7) is 2.21. The van der Waals surface area contributed by atoms with Crippen molar-refractivity contribution in [3.63, 3.8) is 0 Å². The van der Waals surface area contributed by atoms with Crippen LogP contribution < -0.4 is 5.32 Å². The Bertz CT molecular complexity index is 528. The van der Waals surface area contributed by atoms with Gasteiger partial charge in [-0.2, -0.15) is 5.26 Å². The molecule has 1 amide bonds. The molecule has 1 aromatic carbocycles. The topological polar surface area (TPSA) is 73.1 Å². The Labute approximate surface area is 119 Å². The Morgan fingerprint density at radius 1 is 1.55 bits per heavy atom. The summed E-state index contributed by atoms with van der Waals surface area (Å²) in [6.07, 6.45) is 2.76. The van der Waals surface area contributed by atoms with Gasteiger partial charge in [0.2, 0.25) is 5.91 Å². The highest BCUT2D eigenvalue weighted by atomic mass is 16.2. The van der Waals surface area contributed by atoms with Gasteiger partial charge in [-0.25, -0.2) is 0 Å². The van der Waals surface area contributed by atoms with Crippen molar-refractivity contribution < 1.29 is 9.90 Å². The predicted octanol–water partition coefficient (Wildman–Crippen LogP) is 2.49. The molecule has 2 N–H and O–H groups in total. The number of carbonyl (C=O) groups is 1. The van der Waals surface area contributed by atoms with Gasteiger partial charge in [-0.15, -0.1) is 0 Å². The van der Waals surface area contributed by atoms with Crippen LogP contribution >= 0.6 is 0 Å². The molecule has 0 atom stereocenters. The molecule has 1 fully saturated rings. The second-order valence-corrected chi connectivity index (χ2v) is 5.69. The Balaban J connectivity index is 2.03. The van der Waals surface area contributed by atoms with Crippen molar-refractivity contribution in [1.29, 1.82) is 5.26 Å². The average Bonchev–Trinajstić information content (AvgIpc) is 2.41. The third kappa shape index (κ3) is 3.00. The first kappa shape index (κ1) is 14.5. The molecule has 2 rings (SSSR count). The lowest BCUT2D eigenvalue weighted by Gasteiger charge is -2.39. The molecular weight excluding hydrogens is 252 g/mol. The number of rotatable bonds is 5. The van der Waals surface area contributed by atoms with Crippen LogP contribution in [0.25, 0.3) is 0 Å². The van der Waals surface area contributed by atoms with Crippen molar-refractivity contribution in [3.05, 3.63) is 29.8 Å². The molecule has 0 aromatic heterocycles. The lowest BCUT2D eigenvalue weighted by atomic mass is 9.63. The van der Waals surface area contributed by atoms with Crippen LogP contribution in [0.2, 0.25) is 0 Å². The van der Waals surface area contributed by atoms with E-state index in [9.17, 15) is 10.1 Å². The lowest BCUT2D eigenvalue weighted by Crippen LogP contribution is -2.45. The van der Waals surface area contributed by atoms with Gasteiger partial charge in [0.15, 0.2) is 0 Å². The highest BCUT2D eigenvalue weighted by Crippen LogP contribution is 2.45. The van der Waals surface area contributed by atoms with Crippen LogP contribution in [0.3, 0.4) is 0 Å². The van der Waals surface area contributed by atoms with Crippen LogP contribution in [0.15, 0.2) is 24.3 Å². The molecule has 0 heterocycles. The van der Waals surface area contributed by atoms with Crippen molar-refractivity contribution in [1.82, 2.24) is 0 Å². The van der Waals surface area contributed by atoms with Gasteiger partial charge in [-0.1, -0.05) is 19.1 Å². The third-order valence-corrected chi connectivity index (χ3v) is 3.85. The quantitative estimate of drug-likeness (QED) is 0.865. The van der Waals surface area contributed by atoms with E-state index < -0.39 is 5.41 Å². The van der Waals surface area contributed by atoms with Crippen molar-refractivity contribution >= 4 is 11.6 Å². The van der Waals surface area contributed by atoms with Gasteiger partial charge in [0.05, 0.1) is 6.07 Å². The SMILES string of the molecule is CC1CC(C#N)(C(=O)Nc2cccc(CCCO)c2)C1. The van der Waals surface area contributed by atoms with Crippen LogP contribution in [-0.4, -0.2) is 17.6 Å². The summed E-state index contributed by atoms with van der Waals surface area (Å²) in [6, 6.07) is 9.75. The molecule has 0 unspecified atom stereocenters. The number of aryl methyl sites for hydroxylation is 1. The molecule has 0 aliphatic heterocycles. The smallest absolute Gasteiger partial charge is 0.244 e. The summed E-state index contributed by atoms with van der Waals surface area (Å²) < 4.78 is 0. The fourth-order valence-electron chi connectivity index (χ4n) is 2.80. The zero-order valence-electron chi connectivity index (χ0n) is 11.7. The van der Waals surface area contributed by atoms with Crippen LogP contribution in [0.1, 0.15) is 31.7 Å². The monoisotopic (exact) mass is 272 g/mol. The van der Waals surface area contributed by atoms with Gasteiger partial charge >= 0.3 is 0 Å². The Hall–Kier alpha value is -1.86.